The first kappa shape index (κ1) is 13.6. The lowest BCUT2D eigenvalue weighted by atomic mass is 9.89. The highest BCUT2D eigenvalue weighted by Crippen LogP contribution is 2.27. The van der Waals surface area contributed by atoms with E-state index in [4.69, 9.17) is 11.6 Å². The van der Waals surface area contributed by atoms with Crippen LogP contribution >= 0.6 is 11.6 Å². The van der Waals surface area contributed by atoms with Gasteiger partial charge in [-0.15, -0.1) is 0 Å². The second-order valence-electron chi connectivity index (χ2n) is 5.40. The quantitative estimate of drug-likeness (QED) is 0.784. The predicted molar refractivity (Wildman–Crippen MR) is 76.2 cm³/mol. The summed E-state index contributed by atoms with van der Waals surface area (Å²) in [5, 5.41) is 0.565. The number of rotatable bonds is 3. The van der Waals surface area contributed by atoms with Crippen molar-refractivity contribution in [3.05, 3.63) is 17.0 Å². The molecule has 0 aliphatic carbocycles. The second kappa shape index (κ2) is 5.87. The number of halogens is 1. The van der Waals surface area contributed by atoms with Crippen LogP contribution in [0.25, 0.3) is 0 Å². The topological polar surface area (TPSA) is 29.0 Å². The van der Waals surface area contributed by atoms with Crippen molar-refractivity contribution in [1.29, 1.82) is 0 Å². The van der Waals surface area contributed by atoms with E-state index in [1.54, 1.807) is 0 Å². The highest BCUT2D eigenvalue weighted by atomic mass is 35.5. The normalized spacial score (nSPS) is 24.3. The van der Waals surface area contributed by atoms with Gasteiger partial charge in [-0.05, 0) is 24.7 Å². The zero-order valence-electron chi connectivity index (χ0n) is 11.5. The SMILES string of the molecule is CCCc1nc(Cl)cc(N2CCC(C)C(C)C2)n1. The van der Waals surface area contributed by atoms with Gasteiger partial charge in [0.2, 0.25) is 0 Å². The van der Waals surface area contributed by atoms with Gasteiger partial charge in [0.25, 0.3) is 0 Å². The van der Waals surface area contributed by atoms with Crippen LogP contribution in [0.1, 0.15) is 39.4 Å². The molecule has 0 bridgehead atoms. The highest BCUT2D eigenvalue weighted by Gasteiger charge is 2.24. The van der Waals surface area contributed by atoms with Gasteiger partial charge in [-0.25, -0.2) is 9.97 Å². The molecule has 4 heteroatoms. The zero-order valence-corrected chi connectivity index (χ0v) is 12.2. The molecule has 0 spiro atoms. The summed E-state index contributed by atoms with van der Waals surface area (Å²) in [6, 6.07) is 1.89. The maximum absolute atomic E-state index is 6.09. The van der Waals surface area contributed by atoms with Crippen LogP contribution in [0, 0.1) is 11.8 Å². The summed E-state index contributed by atoms with van der Waals surface area (Å²) in [6.07, 6.45) is 3.17. The summed E-state index contributed by atoms with van der Waals surface area (Å²) in [7, 11) is 0. The van der Waals surface area contributed by atoms with Crippen molar-refractivity contribution < 1.29 is 0 Å². The van der Waals surface area contributed by atoms with E-state index in [1.165, 1.54) is 6.42 Å². The summed E-state index contributed by atoms with van der Waals surface area (Å²) < 4.78 is 0. The highest BCUT2D eigenvalue weighted by molar-refractivity contribution is 6.29. The molecule has 0 radical (unpaired) electrons. The summed E-state index contributed by atoms with van der Waals surface area (Å²) in [5.41, 5.74) is 0. The van der Waals surface area contributed by atoms with Gasteiger partial charge in [-0.2, -0.15) is 0 Å². The number of aryl methyl sites for hydroxylation is 1. The summed E-state index contributed by atoms with van der Waals surface area (Å²) in [6.45, 7) is 8.92. The Morgan fingerprint density at radius 1 is 1.33 bits per heavy atom. The minimum atomic E-state index is 0.565. The standard InChI is InChI=1S/C14H22ClN3/c1-4-5-13-16-12(15)8-14(17-13)18-7-6-10(2)11(3)9-18/h8,10-11H,4-7,9H2,1-3H3. The van der Waals surface area contributed by atoms with Crippen molar-refractivity contribution in [2.45, 2.75) is 40.0 Å². The van der Waals surface area contributed by atoms with Gasteiger partial charge in [0.05, 0.1) is 0 Å². The molecule has 2 rings (SSSR count). The molecule has 0 amide bonds. The van der Waals surface area contributed by atoms with Crippen LogP contribution < -0.4 is 4.90 Å². The Hall–Kier alpha value is -0.830. The summed E-state index contributed by atoms with van der Waals surface area (Å²) in [5.74, 6) is 3.37. The Labute approximate surface area is 115 Å². The van der Waals surface area contributed by atoms with Crippen LogP contribution in [0.15, 0.2) is 6.07 Å². The summed E-state index contributed by atoms with van der Waals surface area (Å²) in [4.78, 5) is 11.3. The maximum Gasteiger partial charge on any atom is 0.134 e. The van der Waals surface area contributed by atoms with Crippen molar-refractivity contribution in [2.75, 3.05) is 18.0 Å². The molecule has 0 aromatic carbocycles. The van der Waals surface area contributed by atoms with Crippen LogP contribution in [0.2, 0.25) is 5.15 Å². The third-order valence-electron chi connectivity index (χ3n) is 3.86. The maximum atomic E-state index is 6.09. The van der Waals surface area contributed by atoms with E-state index in [-0.39, 0.29) is 0 Å². The Morgan fingerprint density at radius 2 is 2.11 bits per heavy atom. The van der Waals surface area contributed by atoms with Gasteiger partial charge in [0.15, 0.2) is 0 Å². The number of aromatic nitrogens is 2. The number of piperidine rings is 1. The van der Waals surface area contributed by atoms with Crippen LogP contribution in [0.3, 0.4) is 0 Å². The average molecular weight is 268 g/mol. The predicted octanol–water partition coefficient (Wildman–Crippen LogP) is 3.56. The number of hydrogen-bond acceptors (Lipinski definition) is 3. The Morgan fingerprint density at radius 3 is 2.78 bits per heavy atom. The third-order valence-corrected chi connectivity index (χ3v) is 4.05. The molecule has 1 aliphatic heterocycles. The molecular formula is C14H22ClN3. The zero-order chi connectivity index (χ0) is 13.1. The lowest BCUT2D eigenvalue weighted by Gasteiger charge is -2.36. The fraction of sp³-hybridized carbons (Fsp3) is 0.714. The lowest BCUT2D eigenvalue weighted by molar-refractivity contribution is 0.322. The van der Waals surface area contributed by atoms with E-state index in [1.807, 2.05) is 6.07 Å². The third kappa shape index (κ3) is 3.14. The monoisotopic (exact) mass is 267 g/mol. The van der Waals surface area contributed by atoms with Gasteiger partial charge in [-0.1, -0.05) is 32.4 Å². The number of hydrogen-bond donors (Lipinski definition) is 0. The molecular weight excluding hydrogens is 246 g/mol. The molecule has 1 aliphatic rings. The number of nitrogens with zero attached hydrogens (tertiary/aromatic N) is 3. The van der Waals surface area contributed by atoms with Crippen molar-refractivity contribution in [1.82, 2.24) is 9.97 Å². The Kier molecular flexibility index (Phi) is 4.44. The molecule has 0 saturated carbocycles. The van der Waals surface area contributed by atoms with E-state index < -0.39 is 0 Å². The van der Waals surface area contributed by atoms with Crippen molar-refractivity contribution in [2.24, 2.45) is 11.8 Å². The van der Waals surface area contributed by atoms with E-state index in [2.05, 4.69) is 35.6 Å². The molecule has 2 atom stereocenters. The summed E-state index contributed by atoms with van der Waals surface area (Å²) >= 11 is 6.09. The second-order valence-corrected chi connectivity index (χ2v) is 5.79. The molecule has 2 heterocycles. The molecule has 2 unspecified atom stereocenters. The Balaban J connectivity index is 2.17. The van der Waals surface area contributed by atoms with Crippen LogP contribution in [-0.2, 0) is 6.42 Å². The van der Waals surface area contributed by atoms with E-state index >= 15 is 0 Å². The molecule has 0 N–H and O–H groups in total. The average Bonchev–Trinajstić information content (AvgIpc) is 2.32. The van der Waals surface area contributed by atoms with E-state index in [9.17, 15) is 0 Å². The van der Waals surface area contributed by atoms with E-state index in [0.29, 0.717) is 11.1 Å². The van der Waals surface area contributed by atoms with E-state index in [0.717, 1.165) is 43.5 Å². The van der Waals surface area contributed by atoms with Crippen molar-refractivity contribution >= 4 is 17.4 Å². The molecule has 1 aromatic rings. The molecule has 1 fully saturated rings. The lowest BCUT2D eigenvalue weighted by Crippen LogP contribution is -2.39. The molecule has 3 nitrogen and oxygen atoms in total. The fourth-order valence-electron chi connectivity index (χ4n) is 2.42. The first-order valence-corrected chi connectivity index (χ1v) is 7.26. The molecule has 18 heavy (non-hydrogen) atoms. The van der Waals surface area contributed by atoms with Gasteiger partial charge >= 0.3 is 0 Å². The van der Waals surface area contributed by atoms with Gasteiger partial charge in [-0.3, -0.25) is 0 Å². The van der Waals surface area contributed by atoms with Crippen molar-refractivity contribution in [3.63, 3.8) is 0 Å². The van der Waals surface area contributed by atoms with Crippen molar-refractivity contribution in [3.8, 4) is 0 Å². The molecule has 1 aromatic heterocycles. The van der Waals surface area contributed by atoms with Crippen LogP contribution in [0.5, 0.6) is 0 Å². The smallest absolute Gasteiger partial charge is 0.134 e. The van der Waals surface area contributed by atoms with Gasteiger partial charge < -0.3 is 4.90 Å². The molecule has 1 saturated heterocycles. The van der Waals surface area contributed by atoms with Crippen LogP contribution in [0.4, 0.5) is 5.82 Å². The minimum absolute atomic E-state index is 0.565. The first-order chi connectivity index (χ1) is 8.60. The molecule has 100 valence electrons. The fourth-order valence-corrected chi connectivity index (χ4v) is 2.62. The largest absolute Gasteiger partial charge is 0.356 e. The Bertz CT molecular complexity index is 408. The first-order valence-electron chi connectivity index (χ1n) is 6.88. The van der Waals surface area contributed by atoms with Gasteiger partial charge in [0, 0.05) is 25.6 Å². The number of anilines is 1. The van der Waals surface area contributed by atoms with Gasteiger partial charge in [0.1, 0.15) is 16.8 Å². The van der Waals surface area contributed by atoms with Crippen LogP contribution in [-0.4, -0.2) is 23.1 Å². The minimum Gasteiger partial charge on any atom is -0.356 e.